The van der Waals surface area contributed by atoms with Crippen LogP contribution in [0.25, 0.3) is 11.0 Å². The zero-order valence-corrected chi connectivity index (χ0v) is 19.2. The molecule has 0 saturated carbocycles. The zero-order valence-electron chi connectivity index (χ0n) is 19.2. The van der Waals surface area contributed by atoms with Gasteiger partial charge in [-0.25, -0.2) is 4.39 Å². The first-order valence-electron chi connectivity index (χ1n) is 12.0. The molecule has 34 heavy (non-hydrogen) atoms. The third-order valence-electron chi connectivity index (χ3n) is 7.81. The average Bonchev–Trinajstić information content (AvgIpc) is 3.21. The van der Waals surface area contributed by atoms with Gasteiger partial charge in [-0.15, -0.1) is 0 Å². The Hall–Kier alpha value is -3.01. The van der Waals surface area contributed by atoms with E-state index in [4.69, 9.17) is 9.26 Å². The number of piperidine rings is 2. The summed E-state index contributed by atoms with van der Waals surface area (Å²) in [7, 11) is 0. The molecule has 1 spiro atoms. The number of Topliss-reactive ketones (excluding diaryl/α,β-unsaturated/α-hetero) is 1. The molecule has 0 bridgehead atoms. The van der Waals surface area contributed by atoms with Crippen LogP contribution in [0.4, 0.5) is 15.9 Å². The highest BCUT2D eigenvalue weighted by Gasteiger charge is 2.62. The summed E-state index contributed by atoms with van der Waals surface area (Å²) >= 11 is 0. The fraction of sp³-hybridized carbons (Fsp3) is 0.583. The Bertz CT molecular complexity index is 1200. The maximum Gasteiger partial charge on any atom is 0.242 e. The Morgan fingerprint density at radius 1 is 1.18 bits per heavy atom. The first-order valence-corrected chi connectivity index (χ1v) is 12.0. The molecular weight excluding hydrogens is 443 g/mol. The van der Waals surface area contributed by atoms with E-state index in [-0.39, 0.29) is 24.5 Å². The number of ether oxygens (including phenoxy) is 1. The molecule has 2 amide bonds. The number of ketones is 1. The van der Waals surface area contributed by atoms with Crippen LogP contribution in [0, 0.1) is 11.2 Å². The lowest BCUT2D eigenvalue weighted by Crippen LogP contribution is -2.72. The van der Waals surface area contributed by atoms with Crippen molar-refractivity contribution in [1.29, 1.82) is 0 Å². The van der Waals surface area contributed by atoms with Gasteiger partial charge in [0.1, 0.15) is 5.41 Å². The lowest BCUT2D eigenvalue weighted by molar-refractivity contribution is -0.158. The van der Waals surface area contributed by atoms with E-state index in [1.807, 2.05) is 13.0 Å². The van der Waals surface area contributed by atoms with Crippen molar-refractivity contribution in [2.45, 2.75) is 64.2 Å². The molecular formula is C24H27FN4O5. The fourth-order valence-electron chi connectivity index (χ4n) is 6.47. The topological polar surface area (TPSA) is 105 Å². The fourth-order valence-corrected chi connectivity index (χ4v) is 6.47. The molecule has 3 fully saturated rings. The van der Waals surface area contributed by atoms with Crippen LogP contribution < -0.4 is 15.1 Å². The number of rotatable bonds is 1. The normalized spacial score (nSPS) is 31.6. The van der Waals surface area contributed by atoms with E-state index in [1.165, 1.54) is 0 Å². The molecule has 5 heterocycles. The Kier molecular flexibility index (Phi) is 4.74. The van der Waals surface area contributed by atoms with Crippen molar-refractivity contribution in [3.8, 4) is 0 Å². The van der Waals surface area contributed by atoms with E-state index in [0.717, 1.165) is 32.4 Å². The number of halogens is 1. The van der Waals surface area contributed by atoms with Gasteiger partial charge < -0.3 is 19.1 Å². The van der Waals surface area contributed by atoms with Crippen molar-refractivity contribution in [1.82, 2.24) is 10.5 Å². The van der Waals surface area contributed by atoms with Crippen LogP contribution in [0.3, 0.4) is 0 Å². The number of anilines is 2. The van der Waals surface area contributed by atoms with Crippen molar-refractivity contribution in [2.24, 2.45) is 5.41 Å². The maximum absolute atomic E-state index is 16.1. The maximum atomic E-state index is 16.1. The molecule has 2 aromatic rings. The summed E-state index contributed by atoms with van der Waals surface area (Å²) in [5.74, 6) is -1.64. The van der Waals surface area contributed by atoms with Gasteiger partial charge >= 0.3 is 0 Å². The van der Waals surface area contributed by atoms with Gasteiger partial charge in [0.15, 0.2) is 17.4 Å². The SMILES string of the molecule is C[C@@H]1CN2c3c(cc4c(N5CCCCC5)noc4c3F)CC3(C(=O)CC(=O)NC3=O)[C@H]2[C@H](C)O1. The van der Waals surface area contributed by atoms with Gasteiger partial charge in [0.05, 0.1) is 35.7 Å². The van der Waals surface area contributed by atoms with Crippen molar-refractivity contribution in [2.75, 3.05) is 29.4 Å². The number of fused-ring (bicyclic) bond motifs is 5. The smallest absolute Gasteiger partial charge is 0.242 e. The molecule has 1 N–H and O–H groups in total. The monoisotopic (exact) mass is 470 g/mol. The Morgan fingerprint density at radius 2 is 1.94 bits per heavy atom. The van der Waals surface area contributed by atoms with Gasteiger partial charge in [0.2, 0.25) is 17.4 Å². The number of benzene rings is 1. The number of hydrogen-bond donors (Lipinski definition) is 1. The van der Waals surface area contributed by atoms with Crippen LogP contribution in [-0.2, 0) is 25.5 Å². The Morgan fingerprint density at radius 3 is 2.68 bits per heavy atom. The lowest BCUT2D eigenvalue weighted by Gasteiger charge is -2.55. The molecule has 6 rings (SSSR count). The second kappa shape index (κ2) is 7.49. The highest BCUT2D eigenvalue weighted by molar-refractivity contribution is 6.22. The number of hydrogen-bond acceptors (Lipinski definition) is 8. The van der Waals surface area contributed by atoms with Gasteiger partial charge in [-0.05, 0) is 51.2 Å². The molecule has 0 aliphatic carbocycles. The number of carbonyl (C=O) groups excluding carboxylic acids is 3. The number of amides is 2. The minimum Gasteiger partial charge on any atom is -0.372 e. The van der Waals surface area contributed by atoms with Crippen LogP contribution in [-0.4, -0.2) is 60.6 Å². The second-order valence-corrected chi connectivity index (χ2v) is 10.0. The third-order valence-corrected chi connectivity index (χ3v) is 7.81. The van der Waals surface area contributed by atoms with E-state index >= 15 is 4.39 Å². The molecule has 9 nitrogen and oxygen atoms in total. The Balaban J connectivity index is 1.56. The van der Waals surface area contributed by atoms with Gasteiger partial charge in [-0.2, -0.15) is 0 Å². The molecule has 180 valence electrons. The summed E-state index contributed by atoms with van der Waals surface area (Å²) in [5.41, 5.74) is -0.593. The van der Waals surface area contributed by atoms with Crippen molar-refractivity contribution < 1.29 is 28.0 Å². The van der Waals surface area contributed by atoms with Gasteiger partial charge in [0.25, 0.3) is 0 Å². The summed E-state index contributed by atoms with van der Waals surface area (Å²) in [4.78, 5) is 42.6. The van der Waals surface area contributed by atoms with Crippen LogP contribution in [0.1, 0.15) is 45.1 Å². The molecule has 4 atom stereocenters. The van der Waals surface area contributed by atoms with Crippen molar-refractivity contribution in [3.05, 3.63) is 17.4 Å². The molecule has 10 heteroatoms. The van der Waals surface area contributed by atoms with Crippen molar-refractivity contribution >= 4 is 40.1 Å². The van der Waals surface area contributed by atoms with Crippen LogP contribution in [0.2, 0.25) is 0 Å². The second-order valence-electron chi connectivity index (χ2n) is 10.0. The molecule has 1 aromatic heterocycles. The summed E-state index contributed by atoms with van der Waals surface area (Å²) in [6.45, 7) is 5.59. The van der Waals surface area contributed by atoms with Crippen molar-refractivity contribution in [3.63, 3.8) is 0 Å². The van der Waals surface area contributed by atoms with E-state index in [2.05, 4.69) is 15.4 Å². The molecule has 0 radical (unpaired) electrons. The van der Waals surface area contributed by atoms with Gasteiger partial charge in [0, 0.05) is 19.6 Å². The van der Waals surface area contributed by atoms with Crippen LogP contribution in [0.15, 0.2) is 10.6 Å². The number of nitrogens with zero attached hydrogens (tertiary/aromatic N) is 3. The molecule has 1 aromatic carbocycles. The van der Waals surface area contributed by atoms with Crippen LogP contribution in [0.5, 0.6) is 0 Å². The predicted molar refractivity (Wildman–Crippen MR) is 120 cm³/mol. The Labute approximate surface area is 195 Å². The largest absolute Gasteiger partial charge is 0.372 e. The summed E-state index contributed by atoms with van der Waals surface area (Å²) in [6, 6.07) is 1.07. The molecule has 1 unspecified atom stereocenters. The standard InChI is InChI=1S/C24H27FN4O5/c1-12-11-29-19-14(8-15-20(18(19)25)34-27-22(15)28-6-4-3-5-7-28)10-24(21(29)13(2)33-12)16(30)9-17(31)26-23(24)32/h8,12-13,21H,3-7,9-11H2,1-2H3,(H,26,31,32)/t12-,13+,21-,24?/m1/s1. The highest BCUT2D eigenvalue weighted by atomic mass is 19.1. The van der Waals surface area contributed by atoms with E-state index < -0.39 is 41.0 Å². The van der Waals surface area contributed by atoms with E-state index in [0.29, 0.717) is 29.0 Å². The summed E-state index contributed by atoms with van der Waals surface area (Å²) in [5, 5.41) is 7.11. The number of morpholine rings is 1. The number of carbonyl (C=O) groups is 3. The van der Waals surface area contributed by atoms with Crippen LogP contribution >= 0.6 is 0 Å². The molecule has 4 aliphatic rings. The van der Waals surface area contributed by atoms with Gasteiger partial charge in [-0.1, -0.05) is 5.16 Å². The third kappa shape index (κ3) is 2.87. The number of nitrogens with one attached hydrogen (secondary N) is 1. The van der Waals surface area contributed by atoms with E-state index in [1.54, 1.807) is 11.8 Å². The zero-order chi connectivity index (χ0) is 23.8. The molecule has 3 saturated heterocycles. The van der Waals surface area contributed by atoms with E-state index in [9.17, 15) is 14.4 Å². The predicted octanol–water partition coefficient (Wildman–Crippen LogP) is 2.10. The molecule has 4 aliphatic heterocycles. The number of imide groups is 1. The van der Waals surface area contributed by atoms with Gasteiger partial charge in [-0.3, -0.25) is 19.7 Å². The first kappa shape index (κ1) is 21.5. The quantitative estimate of drug-likeness (QED) is 0.499. The summed E-state index contributed by atoms with van der Waals surface area (Å²) < 4.78 is 27.6. The highest BCUT2D eigenvalue weighted by Crippen LogP contribution is 2.50. The average molecular weight is 471 g/mol. The minimum atomic E-state index is -1.54. The lowest BCUT2D eigenvalue weighted by atomic mass is 9.63. The summed E-state index contributed by atoms with van der Waals surface area (Å²) in [6.07, 6.45) is 2.02. The number of aromatic nitrogens is 1. The minimum absolute atomic E-state index is 0.0129. The first-order chi connectivity index (χ1) is 16.3.